The molecule has 0 spiro atoms. The molecule has 0 saturated carbocycles. The molecule has 0 unspecified atom stereocenters. The van der Waals surface area contributed by atoms with Gasteiger partial charge in [-0.2, -0.15) is 0 Å². The van der Waals surface area contributed by atoms with Crippen LogP contribution in [0.2, 0.25) is 5.28 Å². The number of anilines is 2. The molecule has 4 heteroatoms. The van der Waals surface area contributed by atoms with E-state index in [1.807, 2.05) is 6.07 Å². The van der Waals surface area contributed by atoms with Crippen LogP contribution in [0.15, 0.2) is 18.3 Å². The number of benzene rings is 1. The summed E-state index contributed by atoms with van der Waals surface area (Å²) in [4.78, 5) is 8.20. The number of fused-ring (bicyclic) bond motifs is 2. The Morgan fingerprint density at radius 2 is 1.70 bits per heavy atom. The molecule has 0 radical (unpaired) electrons. The molecule has 1 N–H and O–H groups in total. The number of hydrogen-bond donors (Lipinski definition) is 1. The van der Waals surface area contributed by atoms with E-state index in [-0.39, 0.29) is 0 Å². The Hall–Kier alpha value is -1.61. The van der Waals surface area contributed by atoms with Gasteiger partial charge in [-0.05, 0) is 78.4 Å². The first kappa shape index (κ1) is 12.2. The lowest BCUT2D eigenvalue weighted by Crippen LogP contribution is -2.03. The molecule has 1 heterocycles. The van der Waals surface area contributed by atoms with Gasteiger partial charge >= 0.3 is 0 Å². The van der Waals surface area contributed by atoms with E-state index < -0.39 is 0 Å². The minimum Gasteiger partial charge on any atom is -0.340 e. The van der Waals surface area contributed by atoms with Gasteiger partial charge in [0.05, 0.1) is 0 Å². The maximum absolute atomic E-state index is 5.88. The van der Waals surface area contributed by atoms with Gasteiger partial charge in [0.25, 0.3) is 0 Å². The van der Waals surface area contributed by atoms with Gasteiger partial charge in [-0.15, -0.1) is 0 Å². The molecule has 3 nitrogen and oxygen atoms in total. The summed E-state index contributed by atoms with van der Waals surface area (Å²) in [6.07, 6.45) is 8.98. The van der Waals surface area contributed by atoms with E-state index in [9.17, 15) is 0 Å². The zero-order valence-corrected chi connectivity index (χ0v) is 12.0. The van der Waals surface area contributed by atoms with Crippen LogP contribution in [-0.4, -0.2) is 9.97 Å². The summed E-state index contributed by atoms with van der Waals surface area (Å²) in [7, 11) is 0. The summed E-state index contributed by atoms with van der Waals surface area (Å²) in [6.45, 7) is 0. The smallest absolute Gasteiger partial charge is 0.224 e. The lowest BCUT2D eigenvalue weighted by Gasteiger charge is -2.16. The van der Waals surface area contributed by atoms with Gasteiger partial charge in [0, 0.05) is 11.9 Å². The van der Waals surface area contributed by atoms with Gasteiger partial charge in [-0.1, -0.05) is 6.07 Å². The van der Waals surface area contributed by atoms with Crippen LogP contribution in [-0.2, 0) is 25.7 Å². The van der Waals surface area contributed by atoms with Crippen LogP contribution in [0.25, 0.3) is 0 Å². The molecule has 2 aliphatic rings. The van der Waals surface area contributed by atoms with Crippen molar-refractivity contribution >= 4 is 23.1 Å². The number of halogens is 1. The Kier molecular flexibility index (Phi) is 2.88. The molecule has 0 atom stereocenters. The topological polar surface area (TPSA) is 37.8 Å². The Morgan fingerprint density at radius 1 is 1.00 bits per heavy atom. The summed E-state index contributed by atoms with van der Waals surface area (Å²) in [5.74, 6) is 0.791. The van der Waals surface area contributed by atoms with E-state index in [0.29, 0.717) is 5.28 Å². The normalized spacial score (nSPS) is 16.1. The van der Waals surface area contributed by atoms with Crippen molar-refractivity contribution in [3.8, 4) is 0 Å². The molecular weight excluding hydrogens is 270 g/mol. The molecular formula is C16H16ClN3. The van der Waals surface area contributed by atoms with Crippen molar-refractivity contribution < 1.29 is 0 Å². The fraction of sp³-hybridized carbons (Fsp3) is 0.375. The molecule has 4 rings (SSSR count). The average Bonchev–Trinajstić information content (AvgIpc) is 3.06. The molecule has 1 aromatic carbocycles. The second kappa shape index (κ2) is 4.74. The van der Waals surface area contributed by atoms with Crippen molar-refractivity contribution in [3.05, 3.63) is 45.9 Å². The first-order chi connectivity index (χ1) is 9.81. The van der Waals surface area contributed by atoms with Crippen LogP contribution in [0.4, 0.5) is 11.5 Å². The third-order valence-electron chi connectivity index (χ3n) is 4.35. The molecule has 0 aliphatic heterocycles. The summed E-state index contributed by atoms with van der Waals surface area (Å²) < 4.78 is 0. The van der Waals surface area contributed by atoms with Gasteiger partial charge < -0.3 is 5.32 Å². The standard InChI is InChI=1S/C16H16ClN3/c17-16-18-8-7-14(20-16)19-15-12-5-1-3-10(12)9-11-4-2-6-13(11)15/h7-9H,1-6H2,(H,18,19,20). The minimum atomic E-state index is 0.291. The summed E-state index contributed by atoms with van der Waals surface area (Å²) in [6, 6.07) is 4.31. The molecule has 102 valence electrons. The Labute approximate surface area is 123 Å². The highest BCUT2D eigenvalue weighted by Crippen LogP contribution is 2.39. The van der Waals surface area contributed by atoms with Crippen LogP contribution in [0.1, 0.15) is 35.1 Å². The van der Waals surface area contributed by atoms with Gasteiger partial charge in [0.2, 0.25) is 5.28 Å². The Bertz CT molecular complexity index is 649. The third-order valence-corrected chi connectivity index (χ3v) is 4.53. The van der Waals surface area contributed by atoms with E-state index in [1.54, 1.807) is 6.20 Å². The fourth-order valence-electron chi connectivity index (χ4n) is 3.50. The molecule has 0 bridgehead atoms. The van der Waals surface area contributed by atoms with Crippen molar-refractivity contribution in [3.63, 3.8) is 0 Å². The van der Waals surface area contributed by atoms with Crippen molar-refractivity contribution in [1.29, 1.82) is 0 Å². The molecule has 1 aromatic heterocycles. The second-order valence-corrected chi connectivity index (χ2v) is 5.91. The van der Waals surface area contributed by atoms with Crippen LogP contribution >= 0.6 is 11.6 Å². The van der Waals surface area contributed by atoms with E-state index in [4.69, 9.17) is 11.6 Å². The number of hydrogen-bond acceptors (Lipinski definition) is 3. The van der Waals surface area contributed by atoms with Crippen molar-refractivity contribution in [2.45, 2.75) is 38.5 Å². The highest BCUT2D eigenvalue weighted by atomic mass is 35.5. The van der Waals surface area contributed by atoms with Crippen LogP contribution in [0.3, 0.4) is 0 Å². The van der Waals surface area contributed by atoms with Crippen molar-refractivity contribution in [1.82, 2.24) is 9.97 Å². The number of aryl methyl sites for hydroxylation is 2. The average molecular weight is 286 g/mol. The maximum Gasteiger partial charge on any atom is 0.224 e. The highest BCUT2D eigenvalue weighted by molar-refractivity contribution is 6.28. The Morgan fingerprint density at radius 3 is 2.35 bits per heavy atom. The van der Waals surface area contributed by atoms with Crippen LogP contribution in [0.5, 0.6) is 0 Å². The molecule has 2 aliphatic carbocycles. The van der Waals surface area contributed by atoms with Gasteiger partial charge in [0.1, 0.15) is 5.82 Å². The predicted molar refractivity (Wildman–Crippen MR) is 80.8 cm³/mol. The van der Waals surface area contributed by atoms with E-state index >= 15 is 0 Å². The van der Waals surface area contributed by atoms with Crippen molar-refractivity contribution in [2.24, 2.45) is 0 Å². The van der Waals surface area contributed by atoms with Gasteiger partial charge in [0.15, 0.2) is 0 Å². The summed E-state index contributed by atoms with van der Waals surface area (Å²) >= 11 is 5.88. The highest BCUT2D eigenvalue weighted by Gasteiger charge is 2.24. The number of nitrogens with one attached hydrogen (secondary N) is 1. The quantitative estimate of drug-likeness (QED) is 0.852. The minimum absolute atomic E-state index is 0.291. The lowest BCUT2D eigenvalue weighted by atomic mass is 9.98. The molecule has 0 amide bonds. The third kappa shape index (κ3) is 1.97. The van der Waals surface area contributed by atoms with Crippen LogP contribution < -0.4 is 5.32 Å². The zero-order valence-electron chi connectivity index (χ0n) is 11.2. The number of nitrogens with zero attached hydrogens (tertiary/aromatic N) is 2. The molecule has 20 heavy (non-hydrogen) atoms. The Balaban J connectivity index is 1.81. The fourth-order valence-corrected chi connectivity index (χ4v) is 3.65. The lowest BCUT2D eigenvalue weighted by molar-refractivity contribution is 0.898. The maximum atomic E-state index is 5.88. The first-order valence-corrected chi connectivity index (χ1v) is 7.61. The molecule has 2 aromatic rings. The van der Waals surface area contributed by atoms with E-state index in [2.05, 4.69) is 21.4 Å². The zero-order chi connectivity index (χ0) is 13.5. The number of aromatic nitrogens is 2. The number of rotatable bonds is 2. The van der Waals surface area contributed by atoms with Gasteiger partial charge in [-0.25, -0.2) is 9.97 Å². The first-order valence-electron chi connectivity index (χ1n) is 7.23. The summed E-state index contributed by atoms with van der Waals surface area (Å²) in [5.41, 5.74) is 7.31. The van der Waals surface area contributed by atoms with E-state index in [0.717, 1.165) is 5.82 Å². The molecule has 0 saturated heterocycles. The van der Waals surface area contributed by atoms with Crippen LogP contribution in [0, 0.1) is 0 Å². The largest absolute Gasteiger partial charge is 0.340 e. The molecule has 0 fully saturated rings. The predicted octanol–water partition coefficient (Wildman–Crippen LogP) is 3.85. The monoisotopic (exact) mass is 285 g/mol. The van der Waals surface area contributed by atoms with E-state index in [1.165, 1.54) is 66.5 Å². The summed E-state index contributed by atoms with van der Waals surface area (Å²) in [5, 5.41) is 3.80. The SMILES string of the molecule is Clc1nccc(Nc2c3c(cc4c2CCC4)CCC3)n1. The van der Waals surface area contributed by atoms with Gasteiger partial charge in [-0.3, -0.25) is 0 Å². The van der Waals surface area contributed by atoms with Crippen molar-refractivity contribution in [2.75, 3.05) is 5.32 Å². The second-order valence-electron chi connectivity index (χ2n) is 5.57.